The van der Waals surface area contributed by atoms with Crippen LogP contribution >= 0.6 is 0 Å². The van der Waals surface area contributed by atoms with Gasteiger partial charge in [-0.1, -0.05) is 13.8 Å². The highest BCUT2D eigenvalue weighted by Crippen LogP contribution is 2.28. The molecule has 2 unspecified atom stereocenters. The third-order valence-electron chi connectivity index (χ3n) is 2.44. The van der Waals surface area contributed by atoms with Crippen molar-refractivity contribution in [1.82, 2.24) is 0 Å². The molecule has 0 aromatic rings. The highest BCUT2D eigenvalue weighted by atomic mass is 16.3. The van der Waals surface area contributed by atoms with Crippen LogP contribution < -0.4 is 11.5 Å². The third-order valence-corrected chi connectivity index (χ3v) is 2.44. The molecule has 0 radical (unpaired) electrons. The Morgan fingerprint density at radius 2 is 1.60 bits per heavy atom. The number of rotatable bonds is 2. The Labute approximate surface area is 62.4 Å². The molecule has 0 bridgehead atoms. The SMILES string of the molecule is CC(N)C(C)(C)C(C)(N)O. The summed E-state index contributed by atoms with van der Waals surface area (Å²) >= 11 is 0. The molecule has 0 aromatic carbocycles. The maximum absolute atomic E-state index is 9.41. The van der Waals surface area contributed by atoms with Crippen LogP contribution in [-0.4, -0.2) is 16.9 Å². The van der Waals surface area contributed by atoms with Crippen molar-refractivity contribution >= 4 is 0 Å². The molecule has 0 aliphatic carbocycles. The molecule has 5 N–H and O–H groups in total. The van der Waals surface area contributed by atoms with Crippen molar-refractivity contribution in [3.63, 3.8) is 0 Å². The van der Waals surface area contributed by atoms with Gasteiger partial charge in [0, 0.05) is 11.5 Å². The fourth-order valence-electron chi connectivity index (χ4n) is 0.461. The van der Waals surface area contributed by atoms with Crippen molar-refractivity contribution in [2.75, 3.05) is 0 Å². The largest absolute Gasteiger partial charge is 0.376 e. The third kappa shape index (κ3) is 1.68. The lowest BCUT2D eigenvalue weighted by Gasteiger charge is -2.39. The second-order valence-corrected chi connectivity index (χ2v) is 3.66. The lowest BCUT2D eigenvalue weighted by atomic mass is 9.77. The van der Waals surface area contributed by atoms with Gasteiger partial charge >= 0.3 is 0 Å². The molecule has 0 rings (SSSR count). The zero-order valence-electron chi connectivity index (χ0n) is 7.18. The van der Waals surface area contributed by atoms with Crippen molar-refractivity contribution in [1.29, 1.82) is 0 Å². The molecular weight excluding hydrogens is 128 g/mol. The Morgan fingerprint density at radius 3 is 1.60 bits per heavy atom. The summed E-state index contributed by atoms with van der Waals surface area (Å²) in [7, 11) is 0. The van der Waals surface area contributed by atoms with Gasteiger partial charge in [-0.15, -0.1) is 0 Å². The van der Waals surface area contributed by atoms with Crippen molar-refractivity contribution in [2.24, 2.45) is 16.9 Å². The van der Waals surface area contributed by atoms with E-state index >= 15 is 0 Å². The van der Waals surface area contributed by atoms with Gasteiger partial charge in [-0.25, -0.2) is 0 Å². The van der Waals surface area contributed by atoms with Crippen LogP contribution in [0.2, 0.25) is 0 Å². The minimum atomic E-state index is -1.21. The fraction of sp³-hybridized carbons (Fsp3) is 1.00. The summed E-state index contributed by atoms with van der Waals surface area (Å²) in [6, 6.07) is -0.118. The number of nitrogens with two attached hydrogens (primary N) is 2. The van der Waals surface area contributed by atoms with Gasteiger partial charge in [-0.3, -0.25) is 0 Å². The van der Waals surface area contributed by atoms with Gasteiger partial charge in [0.2, 0.25) is 0 Å². The maximum atomic E-state index is 9.41. The number of hydrogen-bond donors (Lipinski definition) is 3. The summed E-state index contributed by atoms with van der Waals surface area (Å²) in [5.41, 5.74) is 9.45. The van der Waals surface area contributed by atoms with Gasteiger partial charge in [0.1, 0.15) is 5.72 Å². The Kier molecular flexibility index (Phi) is 2.46. The molecule has 0 spiro atoms. The normalized spacial score (nSPS) is 21.9. The van der Waals surface area contributed by atoms with Gasteiger partial charge in [-0.05, 0) is 13.8 Å². The average Bonchev–Trinajstić information content (AvgIpc) is 1.62. The van der Waals surface area contributed by atoms with E-state index in [0.29, 0.717) is 0 Å². The molecule has 62 valence electrons. The predicted octanol–water partition coefficient (Wildman–Crippen LogP) is 0.0270. The number of hydrogen-bond acceptors (Lipinski definition) is 3. The molecule has 0 fully saturated rings. The molecule has 10 heavy (non-hydrogen) atoms. The predicted molar refractivity (Wildman–Crippen MR) is 42.2 cm³/mol. The van der Waals surface area contributed by atoms with Crippen molar-refractivity contribution < 1.29 is 5.11 Å². The highest BCUT2D eigenvalue weighted by Gasteiger charge is 2.38. The topological polar surface area (TPSA) is 72.3 Å². The van der Waals surface area contributed by atoms with Crippen LogP contribution in [0.5, 0.6) is 0 Å². The molecular formula is C7H18N2O. The molecule has 0 saturated carbocycles. The Hall–Kier alpha value is -0.120. The zero-order valence-corrected chi connectivity index (χ0v) is 7.18. The van der Waals surface area contributed by atoms with Gasteiger partial charge in [0.25, 0.3) is 0 Å². The van der Waals surface area contributed by atoms with Gasteiger partial charge in [-0.2, -0.15) is 0 Å². The molecule has 3 nitrogen and oxygen atoms in total. The molecule has 0 aliphatic rings. The highest BCUT2D eigenvalue weighted by molar-refractivity contribution is 4.90. The average molecular weight is 146 g/mol. The quantitative estimate of drug-likeness (QED) is 0.481. The van der Waals surface area contributed by atoms with Crippen LogP contribution in [0.3, 0.4) is 0 Å². The molecule has 0 saturated heterocycles. The van der Waals surface area contributed by atoms with Crippen LogP contribution in [0.25, 0.3) is 0 Å². The van der Waals surface area contributed by atoms with Crippen LogP contribution in [0.4, 0.5) is 0 Å². The van der Waals surface area contributed by atoms with Crippen LogP contribution in [0, 0.1) is 5.41 Å². The van der Waals surface area contributed by atoms with Gasteiger partial charge in [0.05, 0.1) is 0 Å². The second kappa shape index (κ2) is 2.49. The fourth-order valence-corrected chi connectivity index (χ4v) is 0.461. The van der Waals surface area contributed by atoms with Gasteiger partial charge < -0.3 is 16.6 Å². The summed E-state index contributed by atoms with van der Waals surface area (Å²) in [6.07, 6.45) is 0. The lowest BCUT2D eigenvalue weighted by Crippen LogP contribution is -2.57. The first kappa shape index (κ1) is 9.88. The summed E-state index contributed by atoms with van der Waals surface area (Å²) < 4.78 is 0. The van der Waals surface area contributed by atoms with E-state index in [4.69, 9.17) is 11.5 Å². The van der Waals surface area contributed by atoms with Crippen LogP contribution in [-0.2, 0) is 0 Å². The monoisotopic (exact) mass is 146 g/mol. The van der Waals surface area contributed by atoms with E-state index in [2.05, 4.69) is 0 Å². The standard InChI is InChI=1S/C7H18N2O/c1-5(8)6(2,3)7(4,9)10/h5,10H,8-9H2,1-4H3. The van der Waals surface area contributed by atoms with Crippen molar-refractivity contribution in [2.45, 2.75) is 39.5 Å². The van der Waals surface area contributed by atoms with E-state index in [1.807, 2.05) is 20.8 Å². The number of aliphatic hydroxyl groups is 1. The maximum Gasteiger partial charge on any atom is 0.117 e. The molecule has 0 amide bonds. The van der Waals surface area contributed by atoms with Crippen molar-refractivity contribution in [3.8, 4) is 0 Å². The molecule has 2 atom stereocenters. The molecule has 0 heterocycles. The van der Waals surface area contributed by atoms with E-state index in [1.54, 1.807) is 6.92 Å². The first-order valence-corrected chi connectivity index (χ1v) is 3.46. The Balaban J connectivity index is 4.40. The van der Waals surface area contributed by atoms with E-state index in [-0.39, 0.29) is 6.04 Å². The Bertz CT molecular complexity index is 113. The van der Waals surface area contributed by atoms with E-state index in [1.165, 1.54) is 0 Å². The van der Waals surface area contributed by atoms with Crippen molar-refractivity contribution in [3.05, 3.63) is 0 Å². The van der Waals surface area contributed by atoms with Gasteiger partial charge in [0.15, 0.2) is 0 Å². The lowest BCUT2D eigenvalue weighted by molar-refractivity contribution is -0.0563. The minimum absolute atomic E-state index is 0.118. The first-order valence-electron chi connectivity index (χ1n) is 3.46. The smallest absolute Gasteiger partial charge is 0.117 e. The molecule has 0 aromatic heterocycles. The second-order valence-electron chi connectivity index (χ2n) is 3.66. The van der Waals surface area contributed by atoms with E-state index in [9.17, 15) is 5.11 Å². The summed E-state index contributed by atoms with van der Waals surface area (Å²) in [4.78, 5) is 0. The van der Waals surface area contributed by atoms with E-state index in [0.717, 1.165) is 0 Å². The summed E-state index contributed by atoms with van der Waals surface area (Å²) in [5.74, 6) is 0. The molecule has 3 heteroatoms. The minimum Gasteiger partial charge on any atom is -0.376 e. The first-order chi connectivity index (χ1) is 4.19. The summed E-state index contributed by atoms with van der Waals surface area (Å²) in [6.45, 7) is 7.09. The van der Waals surface area contributed by atoms with Crippen LogP contribution in [0.15, 0.2) is 0 Å². The zero-order chi connectivity index (χ0) is 8.58. The summed E-state index contributed by atoms with van der Waals surface area (Å²) in [5, 5.41) is 9.41. The van der Waals surface area contributed by atoms with E-state index < -0.39 is 11.1 Å². The van der Waals surface area contributed by atoms with Crippen LogP contribution in [0.1, 0.15) is 27.7 Å². The Morgan fingerprint density at radius 1 is 1.30 bits per heavy atom. The molecule has 0 aliphatic heterocycles.